The zero-order valence-corrected chi connectivity index (χ0v) is 24.8. The van der Waals surface area contributed by atoms with E-state index < -0.39 is 28.5 Å². The van der Waals surface area contributed by atoms with E-state index in [0.717, 1.165) is 18.8 Å². The number of nitrogens with one attached hydrogen (secondary N) is 1. The molecule has 10 heteroatoms. The van der Waals surface area contributed by atoms with Crippen molar-refractivity contribution in [3.63, 3.8) is 0 Å². The second-order valence-electron chi connectivity index (χ2n) is 8.79. The molecule has 0 radical (unpaired) electrons. The van der Waals surface area contributed by atoms with Crippen molar-refractivity contribution in [3.8, 4) is 0 Å². The molecule has 0 saturated carbocycles. The van der Waals surface area contributed by atoms with E-state index in [1.165, 1.54) is 17.0 Å². The molecule has 0 aliphatic heterocycles. The van der Waals surface area contributed by atoms with Crippen molar-refractivity contribution in [3.05, 3.63) is 93.4 Å². The lowest BCUT2D eigenvalue weighted by molar-refractivity contribution is -0.139. The van der Waals surface area contributed by atoms with E-state index in [0.29, 0.717) is 5.69 Å². The summed E-state index contributed by atoms with van der Waals surface area (Å²) in [5.41, 5.74) is 1.14. The van der Waals surface area contributed by atoms with Crippen molar-refractivity contribution < 1.29 is 18.0 Å². The molecular weight excluding hydrogens is 622 g/mol. The van der Waals surface area contributed by atoms with Crippen LogP contribution in [0.25, 0.3) is 0 Å². The first-order chi connectivity index (χ1) is 17.5. The summed E-state index contributed by atoms with van der Waals surface area (Å²) in [4.78, 5) is 28.2. The Morgan fingerprint density at radius 1 is 0.838 bits per heavy atom. The standard InChI is InChI=1S/C27H29Br2N3O4S/c1-19(2)30-27(34)20(3)31(17-21-9-11-22(28)12-10-21)26(33)18-32(24-15-13-23(29)14-16-24)37(35,36)25-7-5-4-6-8-25/h4-16,19-20H,17-18H2,1-3H3,(H,30,34)/t20-/m0/s1. The molecule has 0 spiro atoms. The fourth-order valence-corrected chi connectivity index (χ4v) is 5.59. The van der Waals surface area contributed by atoms with Crippen LogP contribution in [0, 0.1) is 0 Å². The fourth-order valence-electron chi connectivity index (χ4n) is 3.63. The summed E-state index contributed by atoms with van der Waals surface area (Å²) in [5, 5.41) is 2.84. The van der Waals surface area contributed by atoms with Crippen LogP contribution in [0.15, 0.2) is 92.7 Å². The van der Waals surface area contributed by atoms with Crippen molar-refractivity contribution in [2.24, 2.45) is 0 Å². The third kappa shape index (κ3) is 7.66. The summed E-state index contributed by atoms with van der Waals surface area (Å²) in [6.45, 7) is 4.98. The van der Waals surface area contributed by atoms with Gasteiger partial charge in [0, 0.05) is 21.5 Å². The maximum Gasteiger partial charge on any atom is 0.264 e. The summed E-state index contributed by atoms with van der Waals surface area (Å²) < 4.78 is 30.1. The van der Waals surface area contributed by atoms with Crippen LogP contribution in [0.1, 0.15) is 26.3 Å². The predicted octanol–water partition coefficient (Wildman–Crippen LogP) is 5.35. The summed E-state index contributed by atoms with van der Waals surface area (Å²) in [6, 6.07) is 21.1. The molecule has 196 valence electrons. The van der Waals surface area contributed by atoms with Crippen LogP contribution in [-0.4, -0.2) is 43.8 Å². The van der Waals surface area contributed by atoms with Gasteiger partial charge < -0.3 is 10.2 Å². The van der Waals surface area contributed by atoms with Gasteiger partial charge in [0.05, 0.1) is 10.6 Å². The Labute approximate surface area is 235 Å². The van der Waals surface area contributed by atoms with E-state index in [1.54, 1.807) is 49.4 Å². The molecule has 0 bridgehead atoms. The number of amides is 2. The number of rotatable bonds is 10. The SMILES string of the molecule is CC(C)NC(=O)[C@H](C)N(Cc1ccc(Br)cc1)C(=O)CN(c1ccc(Br)cc1)S(=O)(=O)c1ccccc1. The summed E-state index contributed by atoms with van der Waals surface area (Å²) in [5.74, 6) is -0.821. The van der Waals surface area contributed by atoms with Gasteiger partial charge in [-0.2, -0.15) is 0 Å². The number of hydrogen-bond donors (Lipinski definition) is 1. The number of halogens is 2. The fraction of sp³-hybridized carbons (Fsp3) is 0.259. The number of carbonyl (C=O) groups excluding carboxylic acids is 2. The van der Waals surface area contributed by atoms with E-state index in [2.05, 4.69) is 37.2 Å². The van der Waals surface area contributed by atoms with Crippen molar-refractivity contribution in [2.45, 2.75) is 44.3 Å². The van der Waals surface area contributed by atoms with Crippen molar-refractivity contribution in [1.82, 2.24) is 10.2 Å². The molecule has 0 fully saturated rings. The third-order valence-corrected chi connectivity index (χ3v) is 8.43. The minimum atomic E-state index is -4.08. The highest BCUT2D eigenvalue weighted by atomic mass is 79.9. The second kappa shape index (κ2) is 12.7. The molecule has 2 amide bonds. The van der Waals surface area contributed by atoms with Crippen LogP contribution < -0.4 is 9.62 Å². The molecule has 0 aromatic heterocycles. The number of benzene rings is 3. The van der Waals surface area contributed by atoms with Gasteiger partial charge in [-0.15, -0.1) is 0 Å². The number of carbonyl (C=O) groups is 2. The van der Waals surface area contributed by atoms with Gasteiger partial charge in [-0.3, -0.25) is 13.9 Å². The largest absolute Gasteiger partial charge is 0.352 e. The molecule has 3 aromatic carbocycles. The Balaban J connectivity index is 2.00. The molecule has 0 saturated heterocycles. The summed E-state index contributed by atoms with van der Waals surface area (Å²) >= 11 is 6.78. The van der Waals surface area contributed by atoms with Gasteiger partial charge in [-0.05, 0) is 74.9 Å². The van der Waals surface area contributed by atoms with Crippen LogP contribution in [0.2, 0.25) is 0 Å². The van der Waals surface area contributed by atoms with Crippen molar-refractivity contribution in [2.75, 3.05) is 10.8 Å². The van der Waals surface area contributed by atoms with Crippen LogP contribution in [0.5, 0.6) is 0 Å². The maximum absolute atomic E-state index is 13.8. The molecule has 0 unspecified atom stereocenters. The summed E-state index contributed by atoms with van der Waals surface area (Å²) in [6.07, 6.45) is 0. The molecular formula is C27H29Br2N3O4S. The van der Waals surface area contributed by atoms with Gasteiger partial charge in [0.1, 0.15) is 12.6 Å². The highest BCUT2D eigenvalue weighted by Gasteiger charge is 2.32. The van der Waals surface area contributed by atoms with Crippen molar-refractivity contribution in [1.29, 1.82) is 0 Å². The van der Waals surface area contributed by atoms with Crippen LogP contribution in [0.3, 0.4) is 0 Å². The van der Waals surface area contributed by atoms with Gasteiger partial charge in [-0.1, -0.05) is 62.2 Å². The van der Waals surface area contributed by atoms with E-state index in [9.17, 15) is 18.0 Å². The maximum atomic E-state index is 13.8. The van der Waals surface area contributed by atoms with Gasteiger partial charge in [-0.25, -0.2) is 8.42 Å². The summed E-state index contributed by atoms with van der Waals surface area (Å²) in [7, 11) is -4.08. The lowest BCUT2D eigenvalue weighted by Crippen LogP contribution is -2.52. The van der Waals surface area contributed by atoms with Gasteiger partial charge in [0.25, 0.3) is 10.0 Å². The first kappa shape index (κ1) is 28.9. The minimum Gasteiger partial charge on any atom is -0.352 e. The number of sulfonamides is 1. The highest BCUT2D eigenvalue weighted by molar-refractivity contribution is 9.10. The van der Waals surface area contributed by atoms with Crippen LogP contribution >= 0.6 is 31.9 Å². The first-order valence-electron chi connectivity index (χ1n) is 11.7. The first-order valence-corrected chi connectivity index (χ1v) is 14.7. The molecule has 0 heterocycles. The Morgan fingerprint density at radius 3 is 1.92 bits per heavy atom. The molecule has 0 aliphatic carbocycles. The topological polar surface area (TPSA) is 86.8 Å². The normalized spacial score (nSPS) is 12.2. The number of anilines is 1. The predicted molar refractivity (Wildman–Crippen MR) is 153 cm³/mol. The lowest BCUT2D eigenvalue weighted by Gasteiger charge is -2.32. The van der Waals surface area contributed by atoms with E-state index in [1.807, 2.05) is 38.1 Å². The molecule has 3 aromatic rings. The Hall–Kier alpha value is -2.69. The van der Waals surface area contributed by atoms with E-state index in [4.69, 9.17) is 0 Å². The van der Waals surface area contributed by atoms with E-state index in [-0.39, 0.29) is 23.4 Å². The lowest BCUT2D eigenvalue weighted by atomic mass is 10.1. The Morgan fingerprint density at radius 2 is 1.38 bits per heavy atom. The molecule has 7 nitrogen and oxygen atoms in total. The average molecular weight is 651 g/mol. The van der Waals surface area contributed by atoms with Crippen LogP contribution in [-0.2, 0) is 26.2 Å². The third-order valence-electron chi connectivity index (χ3n) is 5.59. The number of hydrogen-bond acceptors (Lipinski definition) is 4. The number of nitrogens with zero attached hydrogens (tertiary/aromatic N) is 2. The zero-order chi connectivity index (χ0) is 27.2. The minimum absolute atomic E-state index is 0.0655. The highest BCUT2D eigenvalue weighted by Crippen LogP contribution is 2.26. The molecule has 0 aliphatic rings. The van der Waals surface area contributed by atoms with Gasteiger partial charge in [0.15, 0.2) is 0 Å². The molecule has 1 N–H and O–H groups in total. The second-order valence-corrected chi connectivity index (χ2v) is 12.5. The van der Waals surface area contributed by atoms with Gasteiger partial charge in [0.2, 0.25) is 11.8 Å². The average Bonchev–Trinajstić information content (AvgIpc) is 2.87. The molecule has 3 rings (SSSR count). The Bertz CT molecular complexity index is 1320. The molecule has 1 atom stereocenters. The molecule has 37 heavy (non-hydrogen) atoms. The zero-order valence-electron chi connectivity index (χ0n) is 20.8. The van der Waals surface area contributed by atoms with Crippen molar-refractivity contribution >= 4 is 59.4 Å². The smallest absolute Gasteiger partial charge is 0.264 e. The quantitative estimate of drug-likeness (QED) is 0.321. The monoisotopic (exact) mass is 649 g/mol. The Kier molecular flexibility index (Phi) is 9.92. The van der Waals surface area contributed by atoms with Crippen LogP contribution in [0.4, 0.5) is 5.69 Å². The van der Waals surface area contributed by atoms with Gasteiger partial charge >= 0.3 is 0 Å². The van der Waals surface area contributed by atoms with E-state index >= 15 is 0 Å².